The monoisotopic (exact) mass is 672 g/mol. The number of rotatable bonds is 5. The Labute approximate surface area is 305 Å². The molecule has 0 saturated carbocycles. The average molecular weight is 673 g/mol. The number of aliphatic imine (C=N–C) groups is 2. The van der Waals surface area contributed by atoms with Crippen LogP contribution in [0.2, 0.25) is 0 Å². The van der Waals surface area contributed by atoms with Crippen LogP contribution in [0.15, 0.2) is 154 Å². The standard InChI is InChI=1S/C49H40N2O/c1-49(2)41-20-10-8-19-39(41)47-42(49)27-26-37-33(29-32-15-6-7-17-36(32)46(37)47)23-25-35-16-12-21-43(31-13-4-3-5-14-31)51-48(50-35)34-24-28-45-40(30-34)38-18-9-11-22-44(38)52-45/h3-11,13-15,17-22,24,26-28,30,33H,12,16,23,25,29H2,1-2H3/b43-21-,50-35?,51-48?. The minimum atomic E-state index is -0.0238. The quantitative estimate of drug-likeness (QED) is 0.179. The van der Waals surface area contributed by atoms with Crippen LogP contribution in [0, 0.1) is 0 Å². The van der Waals surface area contributed by atoms with E-state index in [-0.39, 0.29) is 5.41 Å². The topological polar surface area (TPSA) is 37.9 Å². The molecule has 0 bridgehead atoms. The van der Waals surface area contributed by atoms with Gasteiger partial charge in [0.2, 0.25) is 0 Å². The molecule has 2 aliphatic carbocycles. The van der Waals surface area contributed by atoms with Gasteiger partial charge in [0.25, 0.3) is 0 Å². The summed E-state index contributed by atoms with van der Waals surface area (Å²) < 4.78 is 6.18. The summed E-state index contributed by atoms with van der Waals surface area (Å²) in [6.45, 7) is 4.76. The molecule has 1 aromatic heterocycles. The van der Waals surface area contributed by atoms with Gasteiger partial charge in [0.1, 0.15) is 11.2 Å². The Balaban J connectivity index is 1.04. The molecule has 0 spiro atoms. The molecule has 10 rings (SSSR count). The molecule has 0 saturated heterocycles. The van der Waals surface area contributed by atoms with E-state index in [0.29, 0.717) is 5.92 Å². The van der Waals surface area contributed by atoms with E-state index in [9.17, 15) is 0 Å². The van der Waals surface area contributed by atoms with Gasteiger partial charge in [0.05, 0.1) is 5.70 Å². The fraction of sp³-hybridized carbons (Fsp3) is 0.184. The van der Waals surface area contributed by atoms with Crippen LogP contribution in [0.3, 0.4) is 0 Å². The SMILES string of the molecule is CC1(C)c2ccccc2-c2c1ccc1c2-c2ccccc2CC1CCC1=NC(c2ccc3oc4ccccc4c3c2)=N/C(c2ccccc2)=C\CC1. The Hall–Kier alpha value is -5.80. The summed E-state index contributed by atoms with van der Waals surface area (Å²) in [4.78, 5) is 10.7. The zero-order valence-corrected chi connectivity index (χ0v) is 29.7. The average Bonchev–Trinajstić information content (AvgIpc) is 3.66. The molecule has 3 heteroatoms. The highest BCUT2D eigenvalue weighted by Gasteiger charge is 2.39. The third-order valence-corrected chi connectivity index (χ3v) is 11.7. The van der Waals surface area contributed by atoms with Crippen LogP contribution in [-0.2, 0) is 11.8 Å². The van der Waals surface area contributed by atoms with E-state index >= 15 is 0 Å². The first-order valence-corrected chi connectivity index (χ1v) is 18.7. The van der Waals surface area contributed by atoms with Crippen molar-refractivity contribution in [1.29, 1.82) is 0 Å². The molecule has 1 atom stereocenters. The van der Waals surface area contributed by atoms with Crippen LogP contribution >= 0.6 is 0 Å². The number of allylic oxidation sites excluding steroid dienone is 1. The number of benzene rings is 6. The summed E-state index contributed by atoms with van der Waals surface area (Å²) in [7, 11) is 0. The van der Waals surface area contributed by atoms with Crippen LogP contribution < -0.4 is 0 Å². The van der Waals surface area contributed by atoms with Crippen LogP contribution in [0.4, 0.5) is 0 Å². The van der Waals surface area contributed by atoms with Gasteiger partial charge in [-0.1, -0.05) is 129 Å². The Kier molecular flexibility index (Phi) is 7.25. The minimum absolute atomic E-state index is 0.0238. The number of hydrogen-bond acceptors (Lipinski definition) is 3. The molecule has 1 unspecified atom stereocenters. The van der Waals surface area contributed by atoms with E-state index in [1.807, 2.05) is 12.1 Å². The van der Waals surface area contributed by atoms with Gasteiger partial charge in [-0.05, 0) is 112 Å². The number of amidine groups is 1. The lowest BCUT2D eigenvalue weighted by atomic mass is 9.73. The smallest absolute Gasteiger partial charge is 0.159 e. The van der Waals surface area contributed by atoms with Crippen LogP contribution in [0.25, 0.3) is 49.9 Å². The van der Waals surface area contributed by atoms with Crippen molar-refractivity contribution in [2.24, 2.45) is 9.98 Å². The molecule has 252 valence electrons. The molecule has 1 aliphatic heterocycles. The first-order valence-electron chi connectivity index (χ1n) is 18.7. The lowest BCUT2D eigenvalue weighted by Gasteiger charge is -2.31. The number of fused-ring (bicyclic) bond motifs is 10. The second-order valence-corrected chi connectivity index (χ2v) is 15.1. The summed E-state index contributed by atoms with van der Waals surface area (Å²) in [6, 6.07) is 48.2. The molecule has 0 fully saturated rings. The Bertz CT molecular complexity index is 2630. The van der Waals surface area contributed by atoms with Crippen LogP contribution in [-0.4, -0.2) is 11.5 Å². The second kappa shape index (κ2) is 12.2. The van der Waals surface area contributed by atoms with Crippen molar-refractivity contribution in [3.8, 4) is 22.3 Å². The van der Waals surface area contributed by atoms with Crippen molar-refractivity contribution in [2.45, 2.75) is 57.3 Å². The number of hydrogen-bond donors (Lipinski definition) is 0. The van der Waals surface area contributed by atoms with Gasteiger partial charge in [-0.3, -0.25) is 0 Å². The van der Waals surface area contributed by atoms with Crippen LogP contribution in [0.1, 0.15) is 78.8 Å². The zero-order valence-electron chi connectivity index (χ0n) is 29.7. The van der Waals surface area contributed by atoms with Crippen molar-refractivity contribution >= 4 is 39.2 Å². The predicted octanol–water partition coefficient (Wildman–Crippen LogP) is 12.7. The molecular weight excluding hydrogens is 633 g/mol. The number of para-hydroxylation sites is 1. The summed E-state index contributed by atoms with van der Waals surface area (Å²) >= 11 is 0. The van der Waals surface area contributed by atoms with Crippen molar-refractivity contribution < 1.29 is 4.42 Å². The molecule has 52 heavy (non-hydrogen) atoms. The summed E-state index contributed by atoms with van der Waals surface area (Å²) in [5.41, 5.74) is 17.6. The van der Waals surface area contributed by atoms with Gasteiger partial charge < -0.3 is 4.42 Å². The van der Waals surface area contributed by atoms with E-state index in [2.05, 4.69) is 141 Å². The molecular formula is C49H40N2O. The zero-order chi connectivity index (χ0) is 34.8. The van der Waals surface area contributed by atoms with Gasteiger partial charge in [0.15, 0.2) is 5.84 Å². The van der Waals surface area contributed by atoms with Gasteiger partial charge >= 0.3 is 0 Å². The molecule has 2 heterocycles. The Morgan fingerprint density at radius 1 is 0.654 bits per heavy atom. The summed E-state index contributed by atoms with van der Waals surface area (Å²) in [5.74, 6) is 1.17. The predicted molar refractivity (Wildman–Crippen MR) is 216 cm³/mol. The molecule has 7 aromatic rings. The maximum atomic E-state index is 6.18. The van der Waals surface area contributed by atoms with Crippen molar-refractivity contribution in [3.63, 3.8) is 0 Å². The molecule has 3 nitrogen and oxygen atoms in total. The van der Waals surface area contributed by atoms with Gasteiger partial charge in [-0.15, -0.1) is 0 Å². The maximum Gasteiger partial charge on any atom is 0.159 e. The maximum absolute atomic E-state index is 6.18. The molecule has 3 aliphatic rings. The Morgan fingerprint density at radius 2 is 1.42 bits per heavy atom. The van der Waals surface area contributed by atoms with Gasteiger partial charge in [-0.25, -0.2) is 9.98 Å². The third-order valence-electron chi connectivity index (χ3n) is 11.7. The van der Waals surface area contributed by atoms with Crippen molar-refractivity contribution in [2.75, 3.05) is 0 Å². The van der Waals surface area contributed by atoms with Gasteiger partial charge in [-0.2, -0.15) is 0 Å². The highest BCUT2D eigenvalue weighted by Crippen LogP contribution is 2.56. The van der Waals surface area contributed by atoms with E-state index in [0.717, 1.165) is 76.7 Å². The fourth-order valence-corrected chi connectivity index (χ4v) is 9.09. The van der Waals surface area contributed by atoms with E-state index < -0.39 is 0 Å². The van der Waals surface area contributed by atoms with Crippen molar-refractivity contribution in [3.05, 3.63) is 173 Å². The van der Waals surface area contributed by atoms with Crippen LogP contribution in [0.5, 0.6) is 0 Å². The first-order chi connectivity index (χ1) is 25.5. The normalized spacial score (nSPS) is 18.3. The summed E-state index contributed by atoms with van der Waals surface area (Å²) in [6.07, 6.45) is 7.13. The lowest BCUT2D eigenvalue weighted by Crippen LogP contribution is -2.17. The molecule has 0 radical (unpaired) electrons. The first kappa shape index (κ1) is 31.0. The third kappa shape index (κ3) is 5.02. The van der Waals surface area contributed by atoms with E-state index in [1.165, 1.54) is 50.2 Å². The highest BCUT2D eigenvalue weighted by atomic mass is 16.3. The summed E-state index contributed by atoms with van der Waals surface area (Å²) in [5, 5.41) is 2.21. The largest absolute Gasteiger partial charge is 0.456 e. The fourth-order valence-electron chi connectivity index (χ4n) is 9.09. The van der Waals surface area contributed by atoms with Crippen molar-refractivity contribution in [1.82, 2.24) is 0 Å². The highest BCUT2D eigenvalue weighted by molar-refractivity contribution is 6.13. The van der Waals surface area contributed by atoms with E-state index in [4.69, 9.17) is 14.4 Å². The lowest BCUT2D eigenvalue weighted by molar-refractivity contribution is 0.627. The molecule has 0 amide bonds. The Morgan fingerprint density at radius 3 is 2.33 bits per heavy atom. The minimum Gasteiger partial charge on any atom is -0.456 e. The number of nitrogens with zero attached hydrogens (tertiary/aromatic N) is 2. The molecule has 6 aromatic carbocycles. The molecule has 0 N–H and O–H groups in total. The number of furan rings is 1. The second-order valence-electron chi connectivity index (χ2n) is 15.1. The van der Waals surface area contributed by atoms with Gasteiger partial charge in [0, 0.05) is 27.5 Å². The van der Waals surface area contributed by atoms with E-state index in [1.54, 1.807) is 0 Å².